The Morgan fingerprint density at radius 2 is 1.82 bits per heavy atom. The molecule has 0 radical (unpaired) electrons. The number of carbonyl (C=O) groups is 1. The summed E-state index contributed by atoms with van der Waals surface area (Å²) < 4.78 is 76.5. The molecule has 2 heterocycles. The van der Waals surface area contributed by atoms with Gasteiger partial charge in [-0.2, -0.15) is 21.6 Å². The molecular formula is C27H26F3N3O5S. The standard InChI is InChI=1S/C27H26F3N3O5S/c1-17-10-11-20(18-6-3-2-4-7-18)24(23(17)27(28,29)30)38-26(13-14-26)25(35)32-39(36,37)22-9-5-8-21(31-22)33-15-12-19(34)16-33/h2-11,19,34H,12-16H2,1H3,(H,32,35)/t19-/m0/s1. The maximum absolute atomic E-state index is 14.2. The number of β-amino-alcohol motifs (C(OH)–C–C–N with tert-alkyl or cyclic N) is 1. The summed E-state index contributed by atoms with van der Waals surface area (Å²) in [7, 11) is -4.47. The first-order valence-electron chi connectivity index (χ1n) is 12.3. The van der Waals surface area contributed by atoms with Gasteiger partial charge < -0.3 is 14.7 Å². The lowest BCUT2D eigenvalue weighted by atomic mass is 9.97. The van der Waals surface area contributed by atoms with E-state index in [4.69, 9.17) is 4.74 Å². The normalized spacial score (nSPS) is 18.6. The van der Waals surface area contributed by atoms with Crippen molar-refractivity contribution in [3.63, 3.8) is 0 Å². The number of hydrogen-bond donors (Lipinski definition) is 2. The van der Waals surface area contributed by atoms with Crippen LogP contribution < -0.4 is 14.4 Å². The number of hydrogen-bond acceptors (Lipinski definition) is 7. The molecule has 2 N–H and O–H groups in total. The molecule has 0 unspecified atom stereocenters. The van der Waals surface area contributed by atoms with Gasteiger partial charge in [-0.1, -0.05) is 48.5 Å². The van der Waals surface area contributed by atoms with E-state index in [-0.39, 0.29) is 24.0 Å². The maximum Gasteiger partial charge on any atom is 0.420 e. The lowest BCUT2D eigenvalue weighted by Crippen LogP contribution is -2.44. The Balaban J connectivity index is 1.45. The molecule has 1 aromatic heterocycles. The highest BCUT2D eigenvalue weighted by molar-refractivity contribution is 7.90. The van der Waals surface area contributed by atoms with Gasteiger partial charge in [0, 0.05) is 31.5 Å². The van der Waals surface area contributed by atoms with Crippen LogP contribution in [0.1, 0.15) is 30.4 Å². The van der Waals surface area contributed by atoms with Crippen molar-refractivity contribution in [3.05, 3.63) is 71.8 Å². The number of amides is 1. The number of halogens is 3. The van der Waals surface area contributed by atoms with Crippen molar-refractivity contribution in [1.82, 2.24) is 9.71 Å². The number of anilines is 1. The third-order valence-corrected chi connectivity index (χ3v) is 8.08. The summed E-state index contributed by atoms with van der Waals surface area (Å²) in [5.74, 6) is -1.27. The van der Waals surface area contributed by atoms with Crippen LogP contribution in [0, 0.1) is 6.92 Å². The van der Waals surface area contributed by atoms with Gasteiger partial charge in [0.1, 0.15) is 17.1 Å². The Morgan fingerprint density at radius 1 is 1.10 bits per heavy atom. The number of rotatable bonds is 7. The van der Waals surface area contributed by atoms with Gasteiger partial charge in [0.05, 0.1) is 6.10 Å². The fourth-order valence-electron chi connectivity index (χ4n) is 4.62. The van der Waals surface area contributed by atoms with Gasteiger partial charge in [-0.05, 0) is 36.6 Å². The summed E-state index contributed by atoms with van der Waals surface area (Å²) in [5.41, 5.74) is -2.31. The molecule has 39 heavy (non-hydrogen) atoms. The molecule has 1 aliphatic carbocycles. The van der Waals surface area contributed by atoms with Crippen LogP contribution in [-0.4, -0.2) is 49.2 Å². The van der Waals surface area contributed by atoms with E-state index in [1.165, 1.54) is 31.2 Å². The molecule has 1 aliphatic heterocycles. The van der Waals surface area contributed by atoms with Gasteiger partial charge >= 0.3 is 6.18 Å². The second kappa shape index (κ2) is 9.83. The number of aromatic nitrogens is 1. The van der Waals surface area contributed by atoms with Crippen molar-refractivity contribution in [2.45, 2.75) is 49.1 Å². The molecule has 2 aromatic carbocycles. The van der Waals surface area contributed by atoms with Crippen molar-refractivity contribution in [2.24, 2.45) is 0 Å². The predicted octanol–water partition coefficient (Wildman–Crippen LogP) is 4.06. The number of benzene rings is 2. The Kier molecular flexibility index (Phi) is 6.79. The van der Waals surface area contributed by atoms with Gasteiger partial charge in [-0.25, -0.2) is 9.71 Å². The highest BCUT2D eigenvalue weighted by Crippen LogP contribution is 2.49. The van der Waals surface area contributed by atoms with Crippen molar-refractivity contribution >= 4 is 21.7 Å². The SMILES string of the molecule is Cc1ccc(-c2ccccc2)c(OC2(C(=O)NS(=O)(=O)c3cccc(N4CC[C@H](O)C4)n3)CC2)c1C(F)(F)F. The molecule has 12 heteroatoms. The molecule has 0 bridgehead atoms. The lowest BCUT2D eigenvalue weighted by molar-refractivity contribution is -0.141. The highest BCUT2D eigenvalue weighted by atomic mass is 32.2. The van der Waals surface area contributed by atoms with Crippen LogP contribution in [-0.2, 0) is 21.0 Å². The van der Waals surface area contributed by atoms with E-state index < -0.39 is 50.2 Å². The van der Waals surface area contributed by atoms with Crippen molar-refractivity contribution < 1.29 is 36.2 Å². The van der Waals surface area contributed by atoms with E-state index in [1.807, 2.05) is 4.72 Å². The Hall–Kier alpha value is -3.64. The van der Waals surface area contributed by atoms with Gasteiger partial charge in [-0.3, -0.25) is 4.79 Å². The van der Waals surface area contributed by atoms with Crippen LogP contribution in [0.5, 0.6) is 5.75 Å². The molecular weight excluding hydrogens is 535 g/mol. The fourth-order valence-corrected chi connectivity index (χ4v) is 5.62. The first-order valence-corrected chi connectivity index (χ1v) is 13.8. The molecule has 3 aromatic rings. The third kappa shape index (κ3) is 5.44. The summed E-state index contributed by atoms with van der Waals surface area (Å²) in [5, 5.41) is 9.35. The average Bonchev–Trinajstić information content (AvgIpc) is 3.54. The molecule has 8 nitrogen and oxygen atoms in total. The first-order chi connectivity index (χ1) is 18.4. The van der Waals surface area contributed by atoms with E-state index in [0.717, 1.165) is 0 Å². The minimum atomic E-state index is -4.78. The topological polar surface area (TPSA) is 109 Å². The molecule has 1 saturated carbocycles. The van der Waals surface area contributed by atoms with Crippen molar-refractivity contribution in [3.8, 4) is 16.9 Å². The zero-order valence-corrected chi connectivity index (χ0v) is 21.7. The van der Waals surface area contributed by atoms with E-state index >= 15 is 0 Å². The summed E-state index contributed by atoms with van der Waals surface area (Å²) in [6.07, 6.45) is -4.75. The largest absolute Gasteiger partial charge is 0.476 e. The molecule has 1 amide bonds. The average molecular weight is 562 g/mol. The van der Waals surface area contributed by atoms with Crippen LogP contribution in [0.2, 0.25) is 0 Å². The minimum Gasteiger partial charge on any atom is -0.476 e. The minimum absolute atomic E-state index is 0.0347. The molecule has 206 valence electrons. The number of carbonyl (C=O) groups excluding carboxylic acids is 1. The van der Waals surface area contributed by atoms with Gasteiger partial charge in [0.25, 0.3) is 15.9 Å². The van der Waals surface area contributed by atoms with Crippen LogP contribution in [0.15, 0.2) is 65.7 Å². The molecule has 1 atom stereocenters. The van der Waals surface area contributed by atoms with Gasteiger partial charge in [0.15, 0.2) is 10.6 Å². The maximum atomic E-state index is 14.2. The summed E-state index contributed by atoms with van der Waals surface area (Å²) in [4.78, 5) is 19.1. The predicted molar refractivity (Wildman–Crippen MR) is 137 cm³/mol. The van der Waals surface area contributed by atoms with E-state index in [2.05, 4.69) is 4.98 Å². The molecule has 1 saturated heterocycles. The number of nitrogens with one attached hydrogen (secondary N) is 1. The summed E-state index contributed by atoms with van der Waals surface area (Å²) in [6.45, 7) is 2.08. The van der Waals surface area contributed by atoms with Crippen molar-refractivity contribution in [2.75, 3.05) is 18.0 Å². The summed E-state index contributed by atoms with van der Waals surface area (Å²) in [6, 6.07) is 15.4. The number of alkyl halides is 3. The zero-order valence-electron chi connectivity index (χ0n) is 20.9. The van der Waals surface area contributed by atoms with Gasteiger partial charge in [-0.15, -0.1) is 0 Å². The van der Waals surface area contributed by atoms with E-state index in [0.29, 0.717) is 30.9 Å². The second-order valence-electron chi connectivity index (χ2n) is 9.75. The first kappa shape index (κ1) is 26.9. The Labute approximate surface area is 223 Å². The van der Waals surface area contributed by atoms with Gasteiger partial charge in [0.2, 0.25) is 0 Å². The highest BCUT2D eigenvalue weighted by Gasteiger charge is 2.55. The third-order valence-electron chi connectivity index (χ3n) is 6.85. The fraction of sp³-hybridized carbons (Fsp3) is 0.333. The van der Waals surface area contributed by atoms with Crippen LogP contribution >= 0.6 is 0 Å². The second-order valence-corrected chi connectivity index (χ2v) is 11.4. The van der Waals surface area contributed by atoms with E-state index in [1.54, 1.807) is 41.3 Å². The monoisotopic (exact) mass is 561 g/mol. The number of aliphatic hydroxyl groups is 1. The Bertz CT molecular complexity index is 1510. The molecule has 0 spiro atoms. The number of aryl methyl sites for hydroxylation is 1. The number of aliphatic hydroxyl groups excluding tert-OH is 1. The van der Waals surface area contributed by atoms with Crippen LogP contribution in [0.25, 0.3) is 11.1 Å². The lowest BCUT2D eigenvalue weighted by Gasteiger charge is -2.24. The van der Waals surface area contributed by atoms with Crippen LogP contribution in [0.4, 0.5) is 19.0 Å². The van der Waals surface area contributed by atoms with Crippen molar-refractivity contribution in [1.29, 1.82) is 0 Å². The smallest absolute Gasteiger partial charge is 0.420 e. The molecule has 5 rings (SSSR count). The quantitative estimate of drug-likeness (QED) is 0.448. The summed E-state index contributed by atoms with van der Waals surface area (Å²) >= 11 is 0. The number of nitrogens with zero attached hydrogens (tertiary/aromatic N) is 2. The zero-order chi connectivity index (χ0) is 28.0. The molecule has 2 aliphatic rings. The van der Waals surface area contributed by atoms with Crippen LogP contribution in [0.3, 0.4) is 0 Å². The number of pyridine rings is 1. The number of sulfonamides is 1. The number of ether oxygens (including phenoxy) is 1. The Morgan fingerprint density at radius 3 is 2.44 bits per heavy atom. The van der Waals surface area contributed by atoms with E-state index in [9.17, 15) is 31.5 Å². The molecule has 2 fully saturated rings.